The fourth-order valence-corrected chi connectivity index (χ4v) is 0. The van der Waals surface area contributed by atoms with E-state index in [0.717, 1.165) is 0 Å². The average Bonchev–Trinajstić information content (AvgIpc) is 0.918. The largest absolute Gasteiger partial charge is 1.00 e. The molecule has 0 saturated carbocycles. The second-order valence-corrected chi connectivity index (χ2v) is 0.245. The molecule has 18 valence electrons. The minimum Gasteiger partial charge on any atom is -0.310 e. The van der Waals surface area contributed by atoms with Gasteiger partial charge < -0.3 is 4.89 Å². The van der Waals surface area contributed by atoms with Gasteiger partial charge in [-0.2, -0.15) is 0 Å². The first-order valence-corrected chi connectivity index (χ1v) is 1.15. The predicted octanol–water partition coefficient (Wildman–Crippen LogP) is -2.59. The number of rotatable bonds is 0. The first kappa shape index (κ1) is 8.91. The Morgan fingerprint density at radius 3 is 2.00 bits per heavy atom. The normalized spacial score (nSPS) is 5.25. The summed E-state index contributed by atoms with van der Waals surface area (Å²) in [5.74, 6) is 0. The fraction of sp³-hybridized carbons (Fsp3) is 0. The Balaban J connectivity index is -0.00000000667. The Bertz CT molecular complexity index is 19.0. The molecule has 0 heterocycles. The van der Waals surface area contributed by atoms with Crippen LogP contribution in [0.3, 0.4) is 0 Å². The Morgan fingerprint density at radius 2 is 2.00 bits per heavy atom. The maximum atomic E-state index is 8.46. The van der Waals surface area contributed by atoms with E-state index < -0.39 is 8.69 Å². The molecule has 0 unspecified atom stereocenters. The van der Waals surface area contributed by atoms with Crippen LogP contribution in [-0.4, -0.2) is 4.89 Å². The summed E-state index contributed by atoms with van der Waals surface area (Å²) in [7, 11) is -0.833. The summed E-state index contributed by atoms with van der Waals surface area (Å²) in [5.41, 5.74) is 0. The van der Waals surface area contributed by atoms with Crippen molar-refractivity contribution < 1.29 is 41.9 Å². The molecule has 0 aliphatic rings. The van der Waals surface area contributed by atoms with Gasteiger partial charge >= 0.3 is 41.1 Å². The number of hydrogen-bond donors (Lipinski definition) is 1. The molecule has 0 fully saturated rings. The zero-order valence-electron chi connectivity index (χ0n) is 4.30. The first-order chi connectivity index (χ1) is 1.41. The van der Waals surface area contributed by atoms with Crippen LogP contribution >= 0.6 is 8.69 Å². The van der Waals surface area contributed by atoms with E-state index in [4.69, 9.17) is 9.46 Å². The van der Waals surface area contributed by atoms with Gasteiger partial charge in [0.1, 0.15) is 0 Å². The summed E-state index contributed by atoms with van der Waals surface area (Å²) in [6.45, 7) is 0. The molecule has 0 aromatic carbocycles. The van der Waals surface area contributed by atoms with E-state index >= 15 is 0 Å². The Kier molecular flexibility index (Phi) is 19.9. The van der Waals surface area contributed by atoms with Crippen molar-refractivity contribution in [1.29, 1.82) is 0 Å². The molecule has 0 amide bonds. The maximum Gasteiger partial charge on any atom is 1.00 e. The number of hydrogen-bond acceptors (Lipinski definition) is 1. The first-order valence-electron chi connectivity index (χ1n) is 0.383. The third-order valence-corrected chi connectivity index (χ3v) is 0. The van der Waals surface area contributed by atoms with Crippen molar-refractivity contribution >= 4 is 8.69 Å². The molecule has 0 spiro atoms. The molecule has 0 aromatic heterocycles. The van der Waals surface area contributed by atoms with E-state index in [0.29, 0.717) is 0 Å². The Labute approximate surface area is 50.8 Å². The maximum absolute atomic E-state index is 8.46. The van der Waals surface area contributed by atoms with Gasteiger partial charge in [0.2, 0.25) is 0 Å². The van der Waals surface area contributed by atoms with Crippen LogP contribution in [-0.2, 0) is 4.57 Å². The van der Waals surface area contributed by atoms with Gasteiger partial charge in [0.25, 0.3) is 0 Å². The molecule has 0 saturated heterocycles. The molecule has 0 radical (unpaired) electrons. The molecule has 0 rings (SSSR count). The van der Waals surface area contributed by atoms with Gasteiger partial charge in [-0.05, 0) is 0 Å². The topological polar surface area (TPSA) is 37.3 Å². The van der Waals surface area contributed by atoms with Crippen LogP contribution in [0.4, 0.5) is 0 Å². The van der Waals surface area contributed by atoms with Crippen LogP contribution < -0.4 is 29.6 Å². The summed E-state index contributed by atoms with van der Waals surface area (Å²) in [6, 6.07) is 0. The van der Waals surface area contributed by atoms with Crippen molar-refractivity contribution in [3.63, 3.8) is 0 Å². The van der Waals surface area contributed by atoms with Crippen LogP contribution in [0.2, 0.25) is 0 Å². The van der Waals surface area contributed by atoms with Crippen molar-refractivity contribution in [3.8, 4) is 0 Å². The van der Waals surface area contributed by atoms with Gasteiger partial charge in [0, 0.05) is 0 Å². The molecule has 4 heavy (non-hydrogen) atoms. The summed E-state index contributed by atoms with van der Waals surface area (Å²) in [6.07, 6.45) is 0. The standard InChI is InChI=1S/Na.HO2P/c;1-3-2/h;(H,1,2)/q+1;/p+2. The van der Waals surface area contributed by atoms with Crippen molar-refractivity contribution in [2.24, 2.45) is 0 Å². The van der Waals surface area contributed by atoms with Crippen LogP contribution in [0.5, 0.6) is 0 Å². The van der Waals surface area contributed by atoms with E-state index in [-0.39, 0.29) is 32.4 Å². The molecule has 4 heteroatoms. The van der Waals surface area contributed by atoms with Gasteiger partial charge in [-0.25, -0.2) is 4.57 Å². The molecule has 0 aliphatic heterocycles. The second kappa shape index (κ2) is 8.96. The second-order valence-electron chi connectivity index (χ2n) is 0.0816. The Morgan fingerprint density at radius 1 is 2.00 bits per heavy atom. The molecule has 2 nitrogen and oxygen atoms in total. The summed E-state index contributed by atoms with van der Waals surface area (Å²) in [4.78, 5) is 6.99. The third-order valence-electron chi connectivity index (χ3n) is 0. The molecule has 1 N–H and O–H groups in total. The van der Waals surface area contributed by atoms with Gasteiger partial charge in [-0.15, -0.1) is 0 Å². The van der Waals surface area contributed by atoms with Crippen LogP contribution in [0, 0.1) is 0 Å². The van der Waals surface area contributed by atoms with Crippen LogP contribution in [0.1, 0.15) is 2.85 Å². The van der Waals surface area contributed by atoms with Crippen molar-refractivity contribution in [1.82, 2.24) is 0 Å². The summed E-state index contributed by atoms with van der Waals surface area (Å²) < 4.78 is 8.46. The van der Waals surface area contributed by atoms with Gasteiger partial charge in [-0.1, -0.05) is 0 Å². The average molecular weight is 89.0 g/mol. The van der Waals surface area contributed by atoms with Crippen molar-refractivity contribution in [2.45, 2.75) is 0 Å². The monoisotopic (exact) mass is 89.0 g/mol. The van der Waals surface area contributed by atoms with E-state index in [2.05, 4.69) is 0 Å². The minimum atomic E-state index is -0.833. The van der Waals surface area contributed by atoms with Gasteiger partial charge in [0.15, 0.2) is 0 Å². The van der Waals surface area contributed by atoms with E-state index in [1.807, 2.05) is 0 Å². The Hall–Kier alpha value is 1.06. The van der Waals surface area contributed by atoms with E-state index in [1.165, 1.54) is 0 Å². The SMILES string of the molecule is O=PO.[H+].[H+].[Na+]. The molecular weight excluding hydrogens is 86.0 g/mol. The van der Waals surface area contributed by atoms with E-state index in [9.17, 15) is 0 Å². The zero-order chi connectivity index (χ0) is 2.71. The van der Waals surface area contributed by atoms with Gasteiger partial charge in [0.05, 0.1) is 0 Å². The fourth-order valence-electron chi connectivity index (χ4n) is 0. The summed E-state index contributed by atoms with van der Waals surface area (Å²) >= 11 is 0. The van der Waals surface area contributed by atoms with Crippen LogP contribution in [0.25, 0.3) is 0 Å². The quantitative estimate of drug-likeness (QED) is 0.261. The smallest absolute Gasteiger partial charge is 0.310 e. The molecular formula is H3NaO2P+3. The van der Waals surface area contributed by atoms with Crippen molar-refractivity contribution in [2.75, 3.05) is 0 Å². The molecule has 0 atom stereocenters. The molecule has 0 aliphatic carbocycles. The predicted molar refractivity (Wildman–Crippen MR) is 12.0 cm³/mol. The molecule has 0 bridgehead atoms. The van der Waals surface area contributed by atoms with Crippen molar-refractivity contribution in [3.05, 3.63) is 0 Å². The zero-order valence-corrected chi connectivity index (χ0v) is 5.20. The van der Waals surface area contributed by atoms with Gasteiger partial charge in [-0.3, -0.25) is 0 Å². The third kappa shape index (κ3) is 11.6. The summed E-state index contributed by atoms with van der Waals surface area (Å²) in [5, 5.41) is 0. The molecule has 0 aromatic rings. The van der Waals surface area contributed by atoms with E-state index in [1.54, 1.807) is 0 Å². The minimum absolute atomic E-state index is 0. The van der Waals surface area contributed by atoms with Crippen LogP contribution in [0.15, 0.2) is 0 Å².